The molecule has 0 aliphatic carbocycles. The minimum atomic E-state index is -1.32. The Morgan fingerprint density at radius 1 is 1.54 bits per heavy atom. The molecule has 6 nitrogen and oxygen atoms in total. The van der Waals surface area contributed by atoms with Gasteiger partial charge in [-0.25, -0.2) is 9.37 Å². The van der Waals surface area contributed by atoms with E-state index in [2.05, 4.69) is 15.3 Å². The summed E-state index contributed by atoms with van der Waals surface area (Å²) < 4.78 is 18.7. The first-order valence-corrected chi connectivity index (χ1v) is 7.52. The van der Waals surface area contributed by atoms with Gasteiger partial charge in [0.05, 0.1) is 18.0 Å². The van der Waals surface area contributed by atoms with Gasteiger partial charge < -0.3 is 14.8 Å². The van der Waals surface area contributed by atoms with Crippen LogP contribution in [0.3, 0.4) is 0 Å². The molecule has 24 heavy (non-hydrogen) atoms. The zero-order chi connectivity index (χ0) is 17.7. The van der Waals surface area contributed by atoms with Gasteiger partial charge in [-0.05, 0) is 32.0 Å². The van der Waals surface area contributed by atoms with E-state index in [9.17, 15) is 14.0 Å². The summed E-state index contributed by atoms with van der Waals surface area (Å²) in [6.07, 6.45) is 1.99. The summed E-state index contributed by atoms with van der Waals surface area (Å²) in [5.41, 5.74) is 1.28. The summed E-state index contributed by atoms with van der Waals surface area (Å²) in [4.78, 5) is 31.4. The molecule has 0 amide bonds. The molecule has 0 aromatic carbocycles. The van der Waals surface area contributed by atoms with E-state index in [1.807, 2.05) is 0 Å². The molecule has 0 radical (unpaired) electrons. The molecular weight excluding hydrogens is 337 g/mol. The lowest BCUT2D eigenvalue weighted by Gasteiger charge is -2.16. The van der Waals surface area contributed by atoms with Gasteiger partial charge in [0, 0.05) is 11.8 Å². The van der Waals surface area contributed by atoms with Crippen LogP contribution in [-0.2, 0) is 14.3 Å². The van der Waals surface area contributed by atoms with Crippen LogP contribution in [0.2, 0.25) is 5.15 Å². The van der Waals surface area contributed by atoms with E-state index in [1.165, 1.54) is 0 Å². The van der Waals surface area contributed by atoms with E-state index in [4.69, 9.17) is 16.3 Å². The van der Waals surface area contributed by atoms with Gasteiger partial charge in [-0.1, -0.05) is 11.6 Å². The molecule has 2 aromatic rings. The molecule has 0 fully saturated rings. The predicted octanol–water partition coefficient (Wildman–Crippen LogP) is 3.17. The Morgan fingerprint density at radius 2 is 2.29 bits per heavy atom. The van der Waals surface area contributed by atoms with Crippen molar-refractivity contribution in [3.8, 4) is 0 Å². The summed E-state index contributed by atoms with van der Waals surface area (Å²) in [6.45, 7) is 3.46. The minimum absolute atomic E-state index is 0.0357. The number of nitrogens with zero attached hydrogens (tertiary/aromatic N) is 2. The van der Waals surface area contributed by atoms with E-state index in [0.29, 0.717) is 17.7 Å². The number of halogens is 2. The minimum Gasteiger partial charge on any atom is -0.465 e. The van der Waals surface area contributed by atoms with Crippen LogP contribution in [0.5, 0.6) is 0 Å². The van der Waals surface area contributed by atoms with E-state index < -0.39 is 17.7 Å². The first-order valence-electron chi connectivity index (χ1n) is 7.14. The molecule has 0 aliphatic rings. The van der Waals surface area contributed by atoms with Crippen molar-refractivity contribution in [3.05, 3.63) is 46.6 Å². The molecule has 8 heteroatoms. The zero-order valence-corrected chi connectivity index (χ0v) is 13.8. The number of pyridine rings is 2. The highest BCUT2D eigenvalue weighted by Crippen LogP contribution is 2.30. The fraction of sp³-hybridized carbons (Fsp3) is 0.250. The zero-order valence-electron chi connectivity index (χ0n) is 13.0. The third kappa shape index (κ3) is 3.86. The Hall–Kier alpha value is -2.54. The highest BCUT2D eigenvalue weighted by Gasteiger charge is 2.27. The van der Waals surface area contributed by atoms with Gasteiger partial charge in [0.25, 0.3) is 0 Å². The number of hydrogen-bond donors (Lipinski definition) is 1. The smallest absolute Gasteiger partial charge is 0.320 e. The van der Waals surface area contributed by atoms with Crippen molar-refractivity contribution in [1.29, 1.82) is 0 Å². The van der Waals surface area contributed by atoms with Crippen LogP contribution < -0.4 is 5.32 Å². The van der Waals surface area contributed by atoms with Gasteiger partial charge >= 0.3 is 5.97 Å². The summed E-state index contributed by atoms with van der Waals surface area (Å²) in [6, 6.07) is 4.42. The maximum atomic E-state index is 13.8. The SMILES string of the molecule is CCOC(=O)C(C=O)c1cc(F)c(Cl)nc1Nc1cccnc1C. The maximum Gasteiger partial charge on any atom is 0.320 e. The van der Waals surface area contributed by atoms with Crippen LogP contribution in [0.25, 0.3) is 0 Å². The molecular formula is C16H15ClFN3O3. The number of aryl methyl sites for hydroxylation is 1. The lowest BCUT2D eigenvalue weighted by atomic mass is 10.0. The first kappa shape index (κ1) is 17.8. The van der Waals surface area contributed by atoms with Gasteiger partial charge in [0.2, 0.25) is 0 Å². The van der Waals surface area contributed by atoms with Crippen LogP contribution >= 0.6 is 11.6 Å². The molecule has 1 N–H and O–H groups in total. The van der Waals surface area contributed by atoms with E-state index >= 15 is 0 Å². The number of esters is 1. The number of rotatable bonds is 6. The molecule has 1 unspecified atom stereocenters. The van der Waals surface area contributed by atoms with Gasteiger partial charge in [-0.15, -0.1) is 0 Å². The lowest BCUT2D eigenvalue weighted by molar-refractivity contribution is -0.146. The van der Waals surface area contributed by atoms with Crippen molar-refractivity contribution in [2.24, 2.45) is 0 Å². The monoisotopic (exact) mass is 351 g/mol. The standard InChI is InChI=1S/C16H15ClFN3O3/c1-3-24-16(23)11(8-22)10-7-12(18)14(17)21-15(10)20-13-5-4-6-19-9(13)2/h4-8,11H,3H2,1-2H3,(H,20,21). The molecule has 0 saturated carbocycles. The Morgan fingerprint density at radius 3 is 2.92 bits per heavy atom. The molecule has 2 aromatic heterocycles. The summed E-state index contributed by atoms with van der Waals surface area (Å²) in [5, 5.41) is 2.55. The van der Waals surface area contributed by atoms with Crippen LogP contribution in [0.1, 0.15) is 24.1 Å². The van der Waals surface area contributed by atoms with Crippen LogP contribution in [-0.4, -0.2) is 28.8 Å². The molecule has 0 spiro atoms. The average molecular weight is 352 g/mol. The average Bonchev–Trinajstić information content (AvgIpc) is 2.55. The van der Waals surface area contributed by atoms with Crippen molar-refractivity contribution < 1.29 is 18.7 Å². The third-order valence-electron chi connectivity index (χ3n) is 3.23. The van der Waals surface area contributed by atoms with E-state index in [1.54, 1.807) is 32.2 Å². The summed E-state index contributed by atoms with van der Waals surface area (Å²) >= 11 is 5.73. The quantitative estimate of drug-likeness (QED) is 0.372. The largest absolute Gasteiger partial charge is 0.465 e. The molecule has 126 valence electrons. The number of hydrogen-bond acceptors (Lipinski definition) is 6. The van der Waals surface area contributed by atoms with Crippen molar-refractivity contribution in [3.63, 3.8) is 0 Å². The summed E-state index contributed by atoms with van der Waals surface area (Å²) in [5.74, 6) is -2.86. The molecule has 1 atom stereocenters. The first-order chi connectivity index (χ1) is 11.5. The van der Waals surface area contributed by atoms with Crippen molar-refractivity contribution in [1.82, 2.24) is 9.97 Å². The highest BCUT2D eigenvalue weighted by molar-refractivity contribution is 6.29. The molecule has 0 saturated heterocycles. The number of carbonyl (C=O) groups excluding carboxylic acids is 2. The van der Waals surface area contributed by atoms with Crippen LogP contribution in [0, 0.1) is 12.7 Å². The van der Waals surface area contributed by atoms with E-state index in [0.717, 1.165) is 6.07 Å². The van der Waals surface area contributed by atoms with Crippen LogP contribution in [0.4, 0.5) is 15.9 Å². The predicted molar refractivity (Wildman–Crippen MR) is 86.9 cm³/mol. The van der Waals surface area contributed by atoms with E-state index in [-0.39, 0.29) is 23.1 Å². The Balaban J connectivity index is 2.50. The fourth-order valence-corrected chi connectivity index (χ4v) is 2.19. The van der Waals surface area contributed by atoms with Crippen molar-refractivity contribution in [2.45, 2.75) is 19.8 Å². The number of anilines is 2. The number of aromatic nitrogens is 2. The summed E-state index contributed by atoms with van der Waals surface area (Å²) in [7, 11) is 0. The number of aldehydes is 1. The molecule has 2 heterocycles. The molecule has 2 rings (SSSR count). The maximum absolute atomic E-state index is 13.8. The van der Waals surface area contributed by atoms with Gasteiger partial charge in [-0.2, -0.15) is 0 Å². The number of ether oxygens (including phenoxy) is 1. The Kier molecular flexibility index (Phi) is 5.81. The van der Waals surface area contributed by atoms with Gasteiger partial charge in [0.15, 0.2) is 11.0 Å². The highest BCUT2D eigenvalue weighted by atomic mass is 35.5. The second-order valence-electron chi connectivity index (χ2n) is 4.83. The third-order valence-corrected chi connectivity index (χ3v) is 3.50. The Bertz CT molecular complexity index is 770. The van der Waals surface area contributed by atoms with Crippen LogP contribution in [0.15, 0.2) is 24.4 Å². The van der Waals surface area contributed by atoms with Gasteiger partial charge in [-0.3, -0.25) is 9.78 Å². The molecule has 0 aliphatic heterocycles. The second kappa shape index (κ2) is 7.83. The van der Waals surface area contributed by atoms with Crippen molar-refractivity contribution >= 4 is 35.4 Å². The fourth-order valence-electron chi connectivity index (χ4n) is 2.05. The second-order valence-corrected chi connectivity index (χ2v) is 5.18. The number of nitrogens with one attached hydrogen (secondary N) is 1. The lowest BCUT2D eigenvalue weighted by Crippen LogP contribution is -2.19. The normalized spacial score (nSPS) is 11.7. The number of carbonyl (C=O) groups is 2. The topological polar surface area (TPSA) is 81.2 Å². The van der Waals surface area contributed by atoms with Crippen molar-refractivity contribution in [2.75, 3.05) is 11.9 Å². The Labute approximate surface area is 143 Å². The van der Waals surface area contributed by atoms with Gasteiger partial charge in [0.1, 0.15) is 18.0 Å². The molecule has 0 bridgehead atoms.